The van der Waals surface area contributed by atoms with Gasteiger partial charge in [-0.25, -0.2) is 0 Å². The second-order valence-corrected chi connectivity index (χ2v) is 6.60. The quantitative estimate of drug-likeness (QED) is 0.603. The van der Waals surface area contributed by atoms with E-state index < -0.39 is 5.91 Å². The van der Waals surface area contributed by atoms with Gasteiger partial charge in [-0.1, -0.05) is 6.07 Å². The van der Waals surface area contributed by atoms with Gasteiger partial charge in [0.2, 0.25) is 5.91 Å². The lowest BCUT2D eigenvalue weighted by atomic mass is 10.1. The highest BCUT2D eigenvalue weighted by Gasteiger charge is 2.07. The highest BCUT2D eigenvalue weighted by molar-refractivity contribution is 8.00. The van der Waals surface area contributed by atoms with Gasteiger partial charge in [-0.05, 0) is 61.4 Å². The molecule has 6 nitrogen and oxygen atoms in total. The zero-order valence-electron chi connectivity index (χ0n) is 14.5. The van der Waals surface area contributed by atoms with Crippen molar-refractivity contribution in [2.24, 2.45) is 0 Å². The molecule has 0 saturated heterocycles. The van der Waals surface area contributed by atoms with Crippen LogP contribution in [0.5, 0.6) is 5.75 Å². The van der Waals surface area contributed by atoms with Gasteiger partial charge in [0.05, 0.1) is 17.4 Å². The summed E-state index contributed by atoms with van der Waals surface area (Å²) in [5.74, 6) is -0.117. The molecular formula is C19H19N3O3S. The van der Waals surface area contributed by atoms with E-state index in [1.165, 1.54) is 22.9 Å². The Balaban J connectivity index is 1.68. The number of aryl methyl sites for hydroxylation is 2. The second kappa shape index (κ2) is 9.49. The molecule has 2 amide bonds. The molecule has 2 aromatic rings. The minimum Gasteiger partial charge on any atom is -0.484 e. The van der Waals surface area contributed by atoms with Crippen LogP contribution in [-0.4, -0.2) is 24.2 Å². The number of rotatable bonds is 6. The van der Waals surface area contributed by atoms with Crippen molar-refractivity contribution in [3.8, 4) is 11.8 Å². The second-order valence-electron chi connectivity index (χ2n) is 5.56. The first-order valence-electron chi connectivity index (χ1n) is 7.88. The van der Waals surface area contributed by atoms with E-state index in [-0.39, 0.29) is 18.3 Å². The predicted octanol–water partition coefficient (Wildman–Crippen LogP) is 2.49. The number of hydrogen-bond donors (Lipinski definition) is 2. The fourth-order valence-corrected chi connectivity index (χ4v) is 2.73. The summed E-state index contributed by atoms with van der Waals surface area (Å²) in [7, 11) is 0. The first-order chi connectivity index (χ1) is 12.5. The van der Waals surface area contributed by atoms with Gasteiger partial charge in [-0.2, -0.15) is 5.26 Å². The van der Waals surface area contributed by atoms with Crippen molar-refractivity contribution in [2.45, 2.75) is 18.7 Å². The van der Waals surface area contributed by atoms with Gasteiger partial charge < -0.3 is 4.74 Å². The molecule has 26 heavy (non-hydrogen) atoms. The van der Waals surface area contributed by atoms with Crippen LogP contribution in [-0.2, 0) is 9.59 Å². The highest BCUT2D eigenvalue weighted by Crippen LogP contribution is 2.20. The lowest BCUT2D eigenvalue weighted by Crippen LogP contribution is -2.44. The maximum atomic E-state index is 11.8. The van der Waals surface area contributed by atoms with Gasteiger partial charge >= 0.3 is 0 Å². The standard InChI is InChI=1S/C19H19N3O3S/c1-13-3-8-17(9-14(13)2)26-12-19(24)22-21-18(23)11-25-16-6-4-15(10-20)5-7-16/h3-9H,11-12H2,1-2H3,(H,21,23)(H,22,24). The Labute approximate surface area is 156 Å². The Kier molecular flexibility index (Phi) is 7.06. The Morgan fingerprint density at radius 1 is 1.04 bits per heavy atom. The Hall–Kier alpha value is -2.98. The van der Waals surface area contributed by atoms with Gasteiger partial charge in [0.25, 0.3) is 5.91 Å². The molecule has 0 aromatic heterocycles. The topological polar surface area (TPSA) is 91.2 Å². The van der Waals surface area contributed by atoms with E-state index in [1.807, 2.05) is 38.1 Å². The molecule has 7 heteroatoms. The van der Waals surface area contributed by atoms with Crippen LogP contribution < -0.4 is 15.6 Å². The Morgan fingerprint density at radius 2 is 1.73 bits per heavy atom. The van der Waals surface area contributed by atoms with Crippen LogP contribution in [0, 0.1) is 25.2 Å². The van der Waals surface area contributed by atoms with E-state index in [2.05, 4.69) is 10.9 Å². The van der Waals surface area contributed by atoms with Crippen molar-refractivity contribution in [3.63, 3.8) is 0 Å². The van der Waals surface area contributed by atoms with E-state index in [9.17, 15) is 9.59 Å². The molecule has 134 valence electrons. The van der Waals surface area contributed by atoms with Crippen LogP contribution >= 0.6 is 11.8 Å². The largest absolute Gasteiger partial charge is 0.484 e. The first-order valence-corrected chi connectivity index (χ1v) is 8.87. The average Bonchev–Trinajstić information content (AvgIpc) is 2.66. The molecule has 2 N–H and O–H groups in total. The molecule has 0 aliphatic rings. The summed E-state index contributed by atoms with van der Waals surface area (Å²) in [5.41, 5.74) is 7.54. The number of thioether (sulfide) groups is 1. The van der Waals surface area contributed by atoms with E-state index >= 15 is 0 Å². The Morgan fingerprint density at radius 3 is 2.38 bits per heavy atom. The lowest BCUT2D eigenvalue weighted by molar-refractivity contribution is -0.128. The number of hydrazine groups is 1. The third-order valence-electron chi connectivity index (χ3n) is 3.54. The minimum absolute atomic E-state index is 0.194. The zero-order chi connectivity index (χ0) is 18.9. The average molecular weight is 369 g/mol. The van der Waals surface area contributed by atoms with Crippen LogP contribution in [0.3, 0.4) is 0 Å². The summed E-state index contributed by atoms with van der Waals surface area (Å²) in [4.78, 5) is 24.5. The van der Waals surface area contributed by atoms with Crippen molar-refractivity contribution in [2.75, 3.05) is 12.4 Å². The summed E-state index contributed by atoms with van der Waals surface area (Å²) in [6.07, 6.45) is 0. The molecule has 2 rings (SSSR count). The molecule has 0 fully saturated rings. The summed E-state index contributed by atoms with van der Waals surface area (Å²) in [5, 5.41) is 8.71. The monoisotopic (exact) mass is 369 g/mol. The maximum Gasteiger partial charge on any atom is 0.276 e. The summed E-state index contributed by atoms with van der Waals surface area (Å²) in [6.45, 7) is 3.82. The maximum absolute atomic E-state index is 11.8. The third-order valence-corrected chi connectivity index (χ3v) is 4.54. The van der Waals surface area contributed by atoms with Gasteiger partial charge in [-0.3, -0.25) is 20.4 Å². The lowest BCUT2D eigenvalue weighted by Gasteiger charge is -2.09. The van der Waals surface area contributed by atoms with Crippen LogP contribution in [0.4, 0.5) is 0 Å². The summed E-state index contributed by atoms with van der Waals surface area (Å²) in [6, 6.07) is 14.4. The van der Waals surface area contributed by atoms with E-state index in [1.54, 1.807) is 24.3 Å². The van der Waals surface area contributed by atoms with Crippen molar-refractivity contribution in [1.82, 2.24) is 10.9 Å². The van der Waals surface area contributed by atoms with E-state index in [4.69, 9.17) is 10.00 Å². The molecular weight excluding hydrogens is 350 g/mol. The van der Waals surface area contributed by atoms with Crippen molar-refractivity contribution >= 4 is 23.6 Å². The van der Waals surface area contributed by atoms with Gasteiger partial charge in [0.15, 0.2) is 6.61 Å². The highest BCUT2D eigenvalue weighted by atomic mass is 32.2. The number of nitrogens with one attached hydrogen (secondary N) is 2. The van der Waals surface area contributed by atoms with Crippen LogP contribution in [0.1, 0.15) is 16.7 Å². The number of nitriles is 1. The first kappa shape index (κ1) is 19.3. The molecule has 0 aliphatic heterocycles. The normalized spacial score (nSPS) is 9.88. The minimum atomic E-state index is -0.473. The fraction of sp³-hybridized carbons (Fsp3) is 0.211. The molecule has 2 aromatic carbocycles. The fourth-order valence-electron chi connectivity index (χ4n) is 1.94. The molecule has 0 aliphatic carbocycles. The summed E-state index contributed by atoms with van der Waals surface area (Å²) < 4.78 is 5.28. The number of carbonyl (C=O) groups excluding carboxylic acids is 2. The number of benzene rings is 2. The van der Waals surface area contributed by atoms with Crippen LogP contribution in [0.15, 0.2) is 47.4 Å². The van der Waals surface area contributed by atoms with E-state index in [0.29, 0.717) is 11.3 Å². The molecule has 0 saturated carbocycles. The summed E-state index contributed by atoms with van der Waals surface area (Å²) >= 11 is 1.40. The molecule has 0 radical (unpaired) electrons. The number of carbonyl (C=O) groups is 2. The number of hydrogen-bond acceptors (Lipinski definition) is 5. The third kappa shape index (κ3) is 6.15. The number of ether oxygens (including phenoxy) is 1. The van der Waals surface area contributed by atoms with Gasteiger partial charge in [0, 0.05) is 4.90 Å². The molecule has 0 bridgehead atoms. The van der Waals surface area contributed by atoms with Crippen molar-refractivity contribution in [1.29, 1.82) is 5.26 Å². The van der Waals surface area contributed by atoms with Crippen LogP contribution in [0.25, 0.3) is 0 Å². The zero-order valence-corrected chi connectivity index (χ0v) is 15.4. The number of amides is 2. The number of nitrogens with zero attached hydrogens (tertiary/aromatic N) is 1. The smallest absolute Gasteiger partial charge is 0.276 e. The van der Waals surface area contributed by atoms with E-state index in [0.717, 1.165) is 4.90 Å². The Bertz CT molecular complexity index is 829. The van der Waals surface area contributed by atoms with Gasteiger partial charge in [-0.15, -0.1) is 11.8 Å². The molecule has 0 unspecified atom stereocenters. The van der Waals surface area contributed by atoms with Crippen LogP contribution in [0.2, 0.25) is 0 Å². The molecule has 0 spiro atoms. The van der Waals surface area contributed by atoms with Crippen molar-refractivity contribution < 1.29 is 14.3 Å². The molecule has 0 heterocycles. The van der Waals surface area contributed by atoms with Crippen molar-refractivity contribution in [3.05, 3.63) is 59.2 Å². The predicted molar refractivity (Wildman–Crippen MR) is 99.6 cm³/mol. The molecule has 0 atom stereocenters. The SMILES string of the molecule is Cc1ccc(SCC(=O)NNC(=O)COc2ccc(C#N)cc2)cc1C. The van der Waals surface area contributed by atoms with Gasteiger partial charge in [0.1, 0.15) is 5.75 Å².